The summed E-state index contributed by atoms with van der Waals surface area (Å²) in [6, 6.07) is 0.917. The molecule has 29 heavy (non-hydrogen) atoms. The summed E-state index contributed by atoms with van der Waals surface area (Å²) in [5.41, 5.74) is 4.82. The molecule has 2 bridgehead atoms. The quantitative estimate of drug-likeness (QED) is 0.826. The van der Waals surface area contributed by atoms with E-state index in [2.05, 4.69) is 34.6 Å². The minimum Gasteiger partial charge on any atom is -0.391 e. The van der Waals surface area contributed by atoms with Gasteiger partial charge in [-0.15, -0.1) is 12.4 Å². The molecule has 0 aliphatic carbocycles. The topological polar surface area (TPSA) is 70.3 Å². The monoisotopic (exact) mass is 416 g/mol. The first-order valence-electron chi connectivity index (χ1n) is 10.3. The maximum Gasteiger partial charge on any atom is 0.225 e. The minimum atomic E-state index is -0.264. The number of halogens is 1. The summed E-state index contributed by atoms with van der Waals surface area (Å²) in [4.78, 5) is 14.4. The van der Waals surface area contributed by atoms with Gasteiger partial charge in [-0.25, -0.2) is 14.6 Å². The third-order valence-electron chi connectivity index (χ3n) is 6.56. The summed E-state index contributed by atoms with van der Waals surface area (Å²) in [5, 5.41) is 14.5. The number of aromatic nitrogens is 4. The van der Waals surface area contributed by atoms with Crippen LogP contribution in [0.5, 0.6) is 0 Å². The molecular formula is C21H29ClN6O. The summed E-state index contributed by atoms with van der Waals surface area (Å²) in [7, 11) is 0. The number of fused-ring (bicyclic) bond motifs is 4. The molecule has 2 saturated heterocycles. The molecule has 2 aromatic heterocycles. The number of hydrogen-bond acceptors (Lipinski definition) is 6. The van der Waals surface area contributed by atoms with Gasteiger partial charge in [-0.2, -0.15) is 5.10 Å². The fourth-order valence-electron chi connectivity index (χ4n) is 5.06. The lowest BCUT2D eigenvalue weighted by atomic mass is 9.98. The van der Waals surface area contributed by atoms with Crippen molar-refractivity contribution < 1.29 is 5.11 Å². The van der Waals surface area contributed by atoms with Crippen LogP contribution in [-0.4, -0.2) is 55.0 Å². The molecule has 2 fully saturated rings. The van der Waals surface area contributed by atoms with E-state index in [0.29, 0.717) is 18.6 Å². The zero-order valence-electron chi connectivity index (χ0n) is 16.9. The maximum absolute atomic E-state index is 9.97. The Balaban J connectivity index is 0.00000205. The molecule has 0 amide bonds. The van der Waals surface area contributed by atoms with Crippen molar-refractivity contribution >= 4 is 24.6 Å². The van der Waals surface area contributed by atoms with Gasteiger partial charge in [0.1, 0.15) is 0 Å². The van der Waals surface area contributed by atoms with E-state index >= 15 is 0 Å². The largest absolute Gasteiger partial charge is 0.391 e. The Morgan fingerprint density at radius 3 is 2.93 bits per heavy atom. The van der Waals surface area contributed by atoms with Crippen LogP contribution >= 0.6 is 12.4 Å². The second kappa shape index (κ2) is 8.05. The van der Waals surface area contributed by atoms with Crippen molar-refractivity contribution in [2.75, 3.05) is 18.0 Å². The van der Waals surface area contributed by atoms with E-state index in [4.69, 9.17) is 9.97 Å². The molecule has 3 aliphatic rings. The van der Waals surface area contributed by atoms with Gasteiger partial charge in [0.15, 0.2) is 0 Å². The predicted octanol–water partition coefficient (Wildman–Crippen LogP) is 2.73. The van der Waals surface area contributed by atoms with Crippen molar-refractivity contribution in [3.05, 3.63) is 41.5 Å². The highest BCUT2D eigenvalue weighted by Gasteiger charge is 2.41. The van der Waals surface area contributed by atoms with E-state index in [0.717, 1.165) is 50.4 Å². The van der Waals surface area contributed by atoms with Crippen LogP contribution in [0.25, 0.3) is 6.20 Å². The summed E-state index contributed by atoms with van der Waals surface area (Å²) < 4.78 is 1.80. The van der Waals surface area contributed by atoms with Gasteiger partial charge in [0.05, 0.1) is 17.5 Å². The lowest BCUT2D eigenvalue weighted by Crippen LogP contribution is -2.41. The number of aliphatic hydroxyl groups is 1. The Bertz CT molecular complexity index is 899. The highest BCUT2D eigenvalue weighted by atomic mass is 35.5. The Kier molecular flexibility index (Phi) is 5.64. The van der Waals surface area contributed by atoms with Gasteiger partial charge < -0.3 is 10.0 Å². The molecule has 156 valence electrons. The first-order chi connectivity index (χ1) is 13.6. The zero-order chi connectivity index (χ0) is 19.3. The zero-order valence-corrected chi connectivity index (χ0v) is 17.7. The van der Waals surface area contributed by atoms with E-state index in [-0.39, 0.29) is 18.5 Å². The number of aryl methyl sites for hydroxylation is 1. The van der Waals surface area contributed by atoms with Crippen LogP contribution in [-0.2, 0) is 13.0 Å². The molecule has 0 spiro atoms. The third-order valence-corrected chi connectivity index (χ3v) is 6.56. The van der Waals surface area contributed by atoms with Crippen molar-refractivity contribution in [1.82, 2.24) is 24.6 Å². The van der Waals surface area contributed by atoms with Gasteiger partial charge in [-0.3, -0.25) is 4.90 Å². The van der Waals surface area contributed by atoms with Gasteiger partial charge >= 0.3 is 0 Å². The normalized spacial score (nSPS) is 26.1. The highest BCUT2D eigenvalue weighted by Crippen LogP contribution is 2.44. The number of nitrogens with zero attached hydrogens (tertiary/aromatic N) is 6. The van der Waals surface area contributed by atoms with Crippen LogP contribution < -0.4 is 4.90 Å². The summed E-state index contributed by atoms with van der Waals surface area (Å²) in [5.74, 6) is 0.786. The van der Waals surface area contributed by atoms with E-state index in [1.165, 1.54) is 23.2 Å². The summed E-state index contributed by atoms with van der Waals surface area (Å²) in [6.07, 6.45) is 10.8. The van der Waals surface area contributed by atoms with Crippen molar-refractivity contribution in [2.45, 2.75) is 63.8 Å². The molecule has 0 saturated carbocycles. The average Bonchev–Trinajstić information content (AvgIpc) is 3.19. The number of hydrogen-bond donors (Lipinski definition) is 1. The van der Waals surface area contributed by atoms with Crippen LogP contribution in [0.4, 0.5) is 5.95 Å². The number of β-amino-alcohol motifs (C(OH)–C–C–N with tert-alkyl or cyclic N) is 1. The number of piperidine rings is 1. The Morgan fingerprint density at radius 1 is 1.31 bits per heavy atom. The Morgan fingerprint density at radius 2 is 2.17 bits per heavy atom. The summed E-state index contributed by atoms with van der Waals surface area (Å²) >= 11 is 0. The standard InChI is InChI=1S/C21H28N6O.ClH/c1-3-26-11-15(14(2)24-26)12-27-16-6-7-20(27)18-10-22-21(23-19(18)9-16)25-8-4-5-17(28)13-25;/h3,10-11,16-17,20,28H,1,4-9,12-13H2,2H3;1H. The van der Waals surface area contributed by atoms with Crippen LogP contribution in [0.2, 0.25) is 0 Å². The molecule has 3 atom stereocenters. The molecular weight excluding hydrogens is 388 g/mol. The summed E-state index contributed by atoms with van der Waals surface area (Å²) in [6.45, 7) is 8.36. The first kappa shape index (κ1) is 20.3. The van der Waals surface area contributed by atoms with E-state index in [9.17, 15) is 5.11 Å². The van der Waals surface area contributed by atoms with Crippen molar-refractivity contribution in [1.29, 1.82) is 0 Å². The Labute approximate surface area is 177 Å². The van der Waals surface area contributed by atoms with Gasteiger partial charge in [-0.05, 0) is 32.6 Å². The molecule has 8 heteroatoms. The second-order valence-electron chi connectivity index (χ2n) is 8.34. The predicted molar refractivity (Wildman–Crippen MR) is 115 cm³/mol. The van der Waals surface area contributed by atoms with E-state index in [1.54, 1.807) is 10.9 Å². The third kappa shape index (κ3) is 3.67. The number of rotatable bonds is 4. The maximum atomic E-state index is 9.97. The minimum absolute atomic E-state index is 0. The van der Waals surface area contributed by atoms with Crippen LogP contribution in [0.15, 0.2) is 19.0 Å². The molecule has 5 heterocycles. The smallest absolute Gasteiger partial charge is 0.225 e. The van der Waals surface area contributed by atoms with Gasteiger partial charge in [-0.1, -0.05) is 6.58 Å². The lowest BCUT2D eigenvalue weighted by Gasteiger charge is -2.36. The van der Waals surface area contributed by atoms with Crippen molar-refractivity contribution in [2.24, 2.45) is 0 Å². The SMILES string of the molecule is C=Cn1cc(CN2C3CCC2c2cnc(N4CCCC(O)C4)nc2C3)c(C)n1.Cl. The fourth-order valence-corrected chi connectivity index (χ4v) is 5.06. The molecule has 1 N–H and O–H groups in total. The second-order valence-corrected chi connectivity index (χ2v) is 8.34. The highest BCUT2D eigenvalue weighted by molar-refractivity contribution is 5.85. The van der Waals surface area contributed by atoms with Crippen LogP contribution in [0.1, 0.15) is 54.2 Å². The van der Waals surface area contributed by atoms with Crippen LogP contribution in [0, 0.1) is 6.92 Å². The van der Waals surface area contributed by atoms with Gasteiger partial charge in [0.2, 0.25) is 5.95 Å². The lowest BCUT2D eigenvalue weighted by molar-refractivity contribution is 0.153. The molecule has 2 aromatic rings. The van der Waals surface area contributed by atoms with E-state index in [1.807, 2.05) is 6.20 Å². The molecule has 0 radical (unpaired) electrons. The van der Waals surface area contributed by atoms with Gasteiger partial charge in [0, 0.05) is 67.9 Å². The molecule has 5 rings (SSSR count). The first-order valence-corrected chi connectivity index (χ1v) is 10.3. The number of aliphatic hydroxyl groups excluding tert-OH is 1. The average molecular weight is 417 g/mol. The number of anilines is 1. The molecule has 0 aromatic carbocycles. The molecule has 3 aliphatic heterocycles. The van der Waals surface area contributed by atoms with Gasteiger partial charge in [0.25, 0.3) is 0 Å². The molecule has 7 nitrogen and oxygen atoms in total. The fraction of sp³-hybridized carbons (Fsp3) is 0.571. The van der Waals surface area contributed by atoms with E-state index < -0.39 is 0 Å². The molecule has 3 unspecified atom stereocenters. The van der Waals surface area contributed by atoms with Crippen molar-refractivity contribution in [3.8, 4) is 0 Å². The Hall–Kier alpha value is -1.96. The van der Waals surface area contributed by atoms with Crippen molar-refractivity contribution in [3.63, 3.8) is 0 Å². The van der Waals surface area contributed by atoms with Crippen LogP contribution in [0.3, 0.4) is 0 Å².